The topological polar surface area (TPSA) is 0 Å². The van der Waals surface area contributed by atoms with E-state index >= 15 is 0 Å². The Bertz CT molecular complexity index is 510. The summed E-state index contributed by atoms with van der Waals surface area (Å²) in [5.41, 5.74) is 0. The van der Waals surface area contributed by atoms with Crippen molar-refractivity contribution >= 4 is 0 Å². The predicted octanol–water partition coefficient (Wildman–Crippen LogP) is 17.4. The molecule has 0 aromatic heterocycles. The molecular weight excluding hydrogens is 553 g/mol. The Morgan fingerprint density at radius 1 is 0.217 bits per heavy atom. The Labute approximate surface area is 296 Å². The Morgan fingerprint density at radius 2 is 0.413 bits per heavy atom. The van der Waals surface area contributed by atoms with Gasteiger partial charge < -0.3 is 0 Å². The van der Waals surface area contributed by atoms with E-state index in [2.05, 4.69) is 76.2 Å². The fourth-order valence-electron chi connectivity index (χ4n) is 7.16. The Hall–Kier alpha value is 0. The van der Waals surface area contributed by atoms with Gasteiger partial charge >= 0.3 is 0 Å². The number of unbranched alkanes of at least 4 members (excludes halogenated alkanes) is 11. The van der Waals surface area contributed by atoms with Crippen LogP contribution in [0.4, 0.5) is 0 Å². The van der Waals surface area contributed by atoms with Crippen molar-refractivity contribution in [3.63, 3.8) is 0 Å². The van der Waals surface area contributed by atoms with E-state index in [4.69, 9.17) is 0 Å². The van der Waals surface area contributed by atoms with Crippen molar-refractivity contribution in [3.8, 4) is 0 Å². The van der Waals surface area contributed by atoms with Gasteiger partial charge in [-0.05, 0) is 41.4 Å². The van der Waals surface area contributed by atoms with E-state index in [0.717, 1.165) is 41.4 Å². The number of rotatable bonds is 33. The van der Waals surface area contributed by atoms with Crippen molar-refractivity contribution in [2.45, 2.75) is 256 Å². The molecule has 0 saturated heterocycles. The van der Waals surface area contributed by atoms with Gasteiger partial charge in [-0.2, -0.15) is 0 Å². The van der Waals surface area contributed by atoms with Crippen molar-refractivity contribution in [3.05, 3.63) is 0 Å². The Morgan fingerprint density at radius 3 is 0.696 bits per heavy atom. The maximum atomic E-state index is 2.49. The van der Waals surface area contributed by atoms with Crippen LogP contribution in [0.5, 0.6) is 0 Å². The largest absolute Gasteiger partial charge is 0.0654 e. The summed E-state index contributed by atoms with van der Waals surface area (Å²) in [5, 5.41) is 0. The molecule has 0 heteroatoms. The van der Waals surface area contributed by atoms with Crippen LogP contribution in [0, 0.1) is 41.4 Å². The number of hydrogen-bond acceptors (Lipinski definition) is 0. The second-order valence-corrected chi connectivity index (χ2v) is 17.9. The van der Waals surface area contributed by atoms with Gasteiger partial charge in [-0.25, -0.2) is 0 Å². The molecule has 0 spiro atoms. The molecule has 4 unspecified atom stereocenters. The van der Waals surface area contributed by atoms with Gasteiger partial charge in [-0.3, -0.25) is 0 Å². The monoisotopic (exact) mass is 649 g/mol. The fourth-order valence-corrected chi connectivity index (χ4v) is 7.16. The van der Waals surface area contributed by atoms with E-state index in [1.807, 2.05) is 0 Å². The van der Waals surface area contributed by atoms with Crippen LogP contribution in [0.2, 0.25) is 0 Å². The summed E-state index contributed by atoms with van der Waals surface area (Å²) in [5.74, 6) is 6.42. The van der Waals surface area contributed by atoms with Crippen LogP contribution in [0.1, 0.15) is 256 Å². The van der Waals surface area contributed by atoms with Crippen molar-refractivity contribution in [1.29, 1.82) is 0 Å². The summed E-state index contributed by atoms with van der Waals surface area (Å²) in [6, 6.07) is 0. The standard InChI is InChI=1S/C30H62.C16H34/c1-25(2)15-11-19-29(7)23-13-21-27(5)17-9-10-18-28(6)22-14-24-30(8)20-12-16-26(3)4;1-4-5-6-7-8-9-10-11-12-13-14-15-16(2)3/h25-30H,9-24H2,1-8H3;16H,4-15H2,1-3H3. The third-order valence-electron chi connectivity index (χ3n) is 10.8. The molecule has 0 saturated carbocycles. The molecule has 0 bridgehead atoms. The molecule has 0 aromatic carbocycles. The third kappa shape index (κ3) is 42.0. The molecular formula is C46H96. The van der Waals surface area contributed by atoms with Crippen LogP contribution >= 0.6 is 0 Å². The average molecular weight is 649 g/mol. The zero-order valence-corrected chi connectivity index (χ0v) is 34.8. The first-order valence-corrected chi connectivity index (χ1v) is 22.0. The molecule has 0 aromatic rings. The van der Waals surface area contributed by atoms with E-state index in [0.29, 0.717) is 0 Å². The molecule has 0 rings (SSSR count). The lowest BCUT2D eigenvalue weighted by Crippen LogP contribution is -2.01. The fraction of sp³-hybridized carbons (Fsp3) is 1.00. The van der Waals surface area contributed by atoms with Crippen LogP contribution in [-0.2, 0) is 0 Å². The molecule has 4 atom stereocenters. The normalized spacial score (nSPS) is 14.5. The third-order valence-corrected chi connectivity index (χ3v) is 10.8. The summed E-state index contributed by atoms with van der Waals surface area (Å²) < 4.78 is 0. The van der Waals surface area contributed by atoms with E-state index in [1.165, 1.54) is 180 Å². The van der Waals surface area contributed by atoms with Gasteiger partial charge in [0.15, 0.2) is 0 Å². The first-order valence-electron chi connectivity index (χ1n) is 22.0. The van der Waals surface area contributed by atoms with Crippen LogP contribution in [-0.4, -0.2) is 0 Å². The van der Waals surface area contributed by atoms with Crippen LogP contribution < -0.4 is 0 Å². The van der Waals surface area contributed by atoms with Gasteiger partial charge in [-0.1, -0.05) is 256 Å². The molecule has 0 fully saturated rings. The highest BCUT2D eigenvalue weighted by molar-refractivity contribution is 4.62. The van der Waals surface area contributed by atoms with E-state index in [-0.39, 0.29) is 0 Å². The molecule has 0 radical (unpaired) electrons. The molecule has 0 aliphatic carbocycles. The zero-order chi connectivity index (χ0) is 34.8. The SMILES string of the molecule is CC(C)CCCC(C)CCCC(C)CCCCC(C)CCCC(C)CCCC(C)C.CCCCCCCCCCCCCC(C)C. The molecule has 0 amide bonds. The van der Waals surface area contributed by atoms with Crippen molar-refractivity contribution < 1.29 is 0 Å². The quantitative estimate of drug-likeness (QED) is 0.0621. The second-order valence-electron chi connectivity index (χ2n) is 17.9. The first kappa shape index (κ1) is 48.1. The summed E-state index contributed by atoms with van der Waals surface area (Å²) >= 11 is 0. The summed E-state index contributed by atoms with van der Waals surface area (Å²) in [6.45, 7) is 26.3. The summed E-state index contributed by atoms with van der Waals surface area (Å²) in [4.78, 5) is 0. The minimum Gasteiger partial charge on any atom is -0.0654 e. The lowest BCUT2D eigenvalue weighted by Gasteiger charge is -2.16. The molecule has 0 aliphatic rings. The molecule has 0 N–H and O–H groups in total. The maximum Gasteiger partial charge on any atom is -0.0443 e. The van der Waals surface area contributed by atoms with Crippen molar-refractivity contribution in [2.75, 3.05) is 0 Å². The van der Waals surface area contributed by atoms with Gasteiger partial charge in [0.1, 0.15) is 0 Å². The van der Waals surface area contributed by atoms with Crippen LogP contribution in [0.15, 0.2) is 0 Å². The lowest BCUT2D eigenvalue weighted by atomic mass is 9.90. The Kier molecular flexibility index (Phi) is 38.0. The van der Waals surface area contributed by atoms with Gasteiger partial charge in [0, 0.05) is 0 Å². The van der Waals surface area contributed by atoms with E-state index in [1.54, 1.807) is 0 Å². The predicted molar refractivity (Wildman–Crippen MR) is 216 cm³/mol. The lowest BCUT2D eigenvalue weighted by molar-refractivity contribution is 0.369. The van der Waals surface area contributed by atoms with Gasteiger partial charge in [-0.15, -0.1) is 0 Å². The highest BCUT2D eigenvalue weighted by atomic mass is 14.1. The minimum atomic E-state index is 0.878. The number of hydrogen-bond donors (Lipinski definition) is 0. The summed E-state index contributed by atoms with van der Waals surface area (Å²) in [6.07, 6.45) is 40.6. The maximum absolute atomic E-state index is 2.49. The van der Waals surface area contributed by atoms with Crippen molar-refractivity contribution in [2.24, 2.45) is 41.4 Å². The van der Waals surface area contributed by atoms with Gasteiger partial charge in [0.25, 0.3) is 0 Å². The molecule has 0 aliphatic heterocycles. The van der Waals surface area contributed by atoms with Crippen LogP contribution in [0.3, 0.4) is 0 Å². The average Bonchev–Trinajstić information content (AvgIpc) is 2.98. The Balaban J connectivity index is 0. The second kappa shape index (κ2) is 36.3. The van der Waals surface area contributed by atoms with Gasteiger partial charge in [0.05, 0.1) is 0 Å². The molecule has 46 heavy (non-hydrogen) atoms. The van der Waals surface area contributed by atoms with E-state index in [9.17, 15) is 0 Å². The minimum absolute atomic E-state index is 0.878. The zero-order valence-electron chi connectivity index (χ0n) is 34.8. The highest BCUT2D eigenvalue weighted by Gasteiger charge is 2.09. The molecule has 280 valence electrons. The first-order chi connectivity index (χ1) is 22.0. The van der Waals surface area contributed by atoms with Gasteiger partial charge in [0.2, 0.25) is 0 Å². The van der Waals surface area contributed by atoms with E-state index < -0.39 is 0 Å². The molecule has 0 heterocycles. The van der Waals surface area contributed by atoms with Crippen LogP contribution in [0.25, 0.3) is 0 Å². The smallest absolute Gasteiger partial charge is 0.0443 e. The summed E-state index contributed by atoms with van der Waals surface area (Å²) in [7, 11) is 0. The van der Waals surface area contributed by atoms with Crippen molar-refractivity contribution in [1.82, 2.24) is 0 Å². The molecule has 0 nitrogen and oxygen atoms in total. The highest BCUT2D eigenvalue weighted by Crippen LogP contribution is 2.24.